The first-order chi connectivity index (χ1) is 12.4. The molecule has 1 N–H and O–H groups in total. The number of benzene rings is 1. The zero-order valence-electron chi connectivity index (χ0n) is 16.2. The van der Waals surface area contributed by atoms with Gasteiger partial charge in [0, 0.05) is 24.3 Å². The number of anilines is 1. The van der Waals surface area contributed by atoms with Crippen molar-refractivity contribution in [2.24, 2.45) is 5.92 Å². The van der Waals surface area contributed by atoms with E-state index < -0.39 is 0 Å². The average Bonchev–Trinajstić information content (AvgIpc) is 2.94. The third-order valence-electron chi connectivity index (χ3n) is 5.44. The minimum atomic E-state index is -0.0293. The van der Waals surface area contributed by atoms with Gasteiger partial charge in [-0.2, -0.15) is 0 Å². The highest BCUT2D eigenvalue weighted by atomic mass is 16.5. The van der Waals surface area contributed by atoms with Gasteiger partial charge in [0.25, 0.3) is 0 Å². The van der Waals surface area contributed by atoms with Crippen LogP contribution < -0.4 is 10.2 Å². The molecule has 26 heavy (non-hydrogen) atoms. The van der Waals surface area contributed by atoms with E-state index in [2.05, 4.69) is 46.6 Å². The van der Waals surface area contributed by atoms with Crippen LogP contribution in [0.3, 0.4) is 0 Å². The summed E-state index contributed by atoms with van der Waals surface area (Å²) in [5.74, 6) is 1.53. The number of hydrogen-bond donors (Lipinski definition) is 1. The first-order valence-corrected chi connectivity index (χ1v) is 9.50. The number of piperidine rings is 1. The molecule has 140 valence electrons. The number of hydrogen-bond acceptors (Lipinski definition) is 4. The highest BCUT2D eigenvalue weighted by Crippen LogP contribution is 2.24. The van der Waals surface area contributed by atoms with Crippen LogP contribution in [0, 0.1) is 19.8 Å². The Labute approximate surface area is 155 Å². The summed E-state index contributed by atoms with van der Waals surface area (Å²) in [6.45, 7) is 10.3. The van der Waals surface area contributed by atoms with Crippen LogP contribution in [0.1, 0.15) is 55.3 Å². The summed E-state index contributed by atoms with van der Waals surface area (Å²) < 4.78 is 5.13. The van der Waals surface area contributed by atoms with Gasteiger partial charge in [-0.1, -0.05) is 24.2 Å². The molecule has 2 aromatic rings. The van der Waals surface area contributed by atoms with Crippen molar-refractivity contribution in [2.75, 3.05) is 18.0 Å². The van der Waals surface area contributed by atoms with Crippen LogP contribution in [0.15, 0.2) is 28.8 Å². The summed E-state index contributed by atoms with van der Waals surface area (Å²) in [6, 6.07) is 8.55. The van der Waals surface area contributed by atoms with E-state index in [1.54, 1.807) is 0 Å². The molecule has 1 aliphatic rings. The molecule has 0 aliphatic carbocycles. The van der Waals surface area contributed by atoms with Crippen LogP contribution in [0.4, 0.5) is 5.69 Å². The second kappa shape index (κ2) is 7.94. The molecular weight excluding hydrogens is 326 g/mol. The van der Waals surface area contributed by atoms with Gasteiger partial charge in [-0.25, -0.2) is 0 Å². The first kappa shape index (κ1) is 18.5. The quantitative estimate of drug-likeness (QED) is 0.882. The third-order valence-corrected chi connectivity index (χ3v) is 5.44. The average molecular weight is 355 g/mol. The predicted molar refractivity (Wildman–Crippen MR) is 103 cm³/mol. The number of nitrogens with zero attached hydrogens (tertiary/aromatic N) is 2. The maximum absolute atomic E-state index is 12.4. The normalized spacial score (nSPS) is 16.5. The Kier molecular flexibility index (Phi) is 5.64. The lowest BCUT2D eigenvalue weighted by atomic mass is 9.98. The fourth-order valence-electron chi connectivity index (χ4n) is 3.53. The van der Waals surface area contributed by atoms with E-state index >= 15 is 0 Å². The summed E-state index contributed by atoms with van der Waals surface area (Å²) in [4.78, 5) is 14.8. The van der Waals surface area contributed by atoms with Crippen LogP contribution in [0.25, 0.3) is 0 Å². The minimum Gasteiger partial charge on any atom is -0.372 e. The number of carbonyl (C=O) groups is 1. The van der Waals surface area contributed by atoms with Gasteiger partial charge in [-0.15, -0.1) is 0 Å². The number of aryl methyl sites for hydroxylation is 2. The maximum atomic E-state index is 12.4. The van der Waals surface area contributed by atoms with Crippen molar-refractivity contribution in [3.05, 3.63) is 46.8 Å². The Hall–Kier alpha value is -2.30. The standard InChI is InChI=1S/C21H29N3O2/c1-14-9-11-24(12-10-14)19-7-5-18(6-8-19)15(2)22-21(25)13-20-16(3)23-26-17(20)4/h5-8,14-15H,9-13H2,1-4H3,(H,22,25). The van der Waals surface area contributed by atoms with Crippen molar-refractivity contribution in [3.8, 4) is 0 Å². The summed E-state index contributed by atoms with van der Waals surface area (Å²) in [7, 11) is 0. The molecular formula is C21H29N3O2. The molecule has 0 spiro atoms. The molecule has 0 radical (unpaired) electrons. The molecule has 1 aromatic carbocycles. The molecule has 0 bridgehead atoms. The fourth-order valence-corrected chi connectivity index (χ4v) is 3.53. The van der Waals surface area contributed by atoms with Crippen molar-refractivity contribution in [3.63, 3.8) is 0 Å². The van der Waals surface area contributed by atoms with Crippen molar-refractivity contribution < 1.29 is 9.32 Å². The van der Waals surface area contributed by atoms with Crippen LogP contribution in [-0.2, 0) is 11.2 Å². The number of nitrogens with one attached hydrogen (secondary N) is 1. The van der Waals surface area contributed by atoms with Gasteiger partial charge in [0.05, 0.1) is 18.2 Å². The second-order valence-corrected chi connectivity index (χ2v) is 7.53. The van der Waals surface area contributed by atoms with Gasteiger partial charge in [0.15, 0.2) is 0 Å². The summed E-state index contributed by atoms with van der Waals surface area (Å²) in [5, 5.41) is 6.98. The number of aromatic nitrogens is 1. The fraction of sp³-hybridized carbons (Fsp3) is 0.524. The topological polar surface area (TPSA) is 58.4 Å². The van der Waals surface area contributed by atoms with E-state index in [-0.39, 0.29) is 11.9 Å². The van der Waals surface area contributed by atoms with Crippen LogP contribution >= 0.6 is 0 Å². The van der Waals surface area contributed by atoms with E-state index in [9.17, 15) is 4.79 Å². The lowest BCUT2D eigenvalue weighted by Gasteiger charge is -2.32. The summed E-state index contributed by atoms with van der Waals surface area (Å²) in [5.41, 5.74) is 4.05. The Morgan fingerprint density at radius 1 is 1.27 bits per heavy atom. The lowest BCUT2D eigenvalue weighted by molar-refractivity contribution is -0.121. The number of rotatable bonds is 5. The molecule has 3 rings (SSSR count). The van der Waals surface area contributed by atoms with Crippen molar-refractivity contribution in [2.45, 2.75) is 53.0 Å². The Bertz CT molecular complexity index is 724. The molecule has 5 heteroatoms. The van der Waals surface area contributed by atoms with Crippen molar-refractivity contribution >= 4 is 11.6 Å². The van der Waals surface area contributed by atoms with Gasteiger partial charge in [-0.05, 0) is 57.2 Å². The highest BCUT2D eigenvalue weighted by Gasteiger charge is 2.18. The molecule has 1 unspecified atom stereocenters. The van der Waals surface area contributed by atoms with Gasteiger partial charge in [0.2, 0.25) is 5.91 Å². The van der Waals surface area contributed by atoms with Crippen molar-refractivity contribution in [1.29, 1.82) is 0 Å². The molecule has 2 heterocycles. The zero-order chi connectivity index (χ0) is 18.7. The smallest absolute Gasteiger partial charge is 0.225 e. The highest BCUT2D eigenvalue weighted by molar-refractivity contribution is 5.79. The molecule has 1 saturated heterocycles. The summed E-state index contributed by atoms with van der Waals surface area (Å²) in [6.07, 6.45) is 2.82. The molecule has 1 aromatic heterocycles. The summed E-state index contributed by atoms with van der Waals surface area (Å²) >= 11 is 0. The molecule has 1 fully saturated rings. The Morgan fingerprint density at radius 3 is 2.50 bits per heavy atom. The van der Waals surface area contributed by atoms with Gasteiger partial charge < -0.3 is 14.7 Å². The number of amides is 1. The predicted octanol–water partition coefficient (Wildman–Crippen LogP) is 3.95. The van der Waals surface area contributed by atoms with Gasteiger partial charge in [0.1, 0.15) is 5.76 Å². The van der Waals surface area contributed by atoms with Gasteiger partial charge >= 0.3 is 0 Å². The lowest BCUT2D eigenvalue weighted by Crippen LogP contribution is -2.32. The van der Waals surface area contributed by atoms with E-state index in [1.165, 1.54) is 18.5 Å². The number of carbonyl (C=O) groups excluding carboxylic acids is 1. The van der Waals surface area contributed by atoms with E-state index in [1.807, 2.05) is 20.8 Å². The SMILES string of the molecule is Cc1noc(C)c1CC(=O)NC(C)c1ccc(N2CCC(C)CC2)cc1. The van der Waals surface area contributed by atoms with Crippen LogP contribution in [-0.4, -0.2) is 24.2 Å². The largest absolute Gasteiger partial charge is 0.372 e. The van der Waals surface area contributed by atoms with Crippen LogP contribution in [0.5, 0.6) is 0 Å². The first-order valence-electron chi connectivity index (χ1n) is 9.50. The van der Waals surface area contributed by atoms with Crippen molar-refractivity contribution in [1.82, 2.24) is 10.5 Å². The van der Waals surface area contributed by atoms with Gasteiger partial charge in [-0.3, -0.25) is 4.79 Å². The zero-order valence-corrected chi connectivity index (χ0v) is 16.2. The molecule has 0 saturated carbocycles. The third kappa shape index (κ3) is 4.26. The van der Waals surface area contributed by atoms with Crippen LogP contribution in [0.2, 0.25) is 0 Å². The molecule has 1 atom stereocenters. The minimum absolute atomic E-state index is 0.0130. The molecule has 1 aliphatic heterocycles. The Morgan fingerprint density at radius 2 is 1.92 bits per heavy atom. The Balaban J connectivity index is 1.57. The second-order valence-electron chi connectivity index (χ2n) is 7.53. The molecule has 5 nitrogen and oxygen atoms in total. The monoisotopic (exact) mass is 355 g/mol. The van der Waals surface area contributed by atoms with E-state index in [4.69, 9.17) is 4.52 Å². The van der Waals surface area contributed by atoms with E-state index in [0.717, 1.165) is 35.8 Å². The van der Waals surface area contributed by atoms with E-state index in [0.29, 0.717) is 12.2 Å². The maximum Gasteiger partial charge on any atom is 0.225 e. The molecule has 1 amide bonds.